The van der Waals surface area contributed by atoms with Gasteiger partial charge in [-0.15, -0.1) is 0 Å². The Hall–Kier alpha value is -1.32. The fourth-order valence-electron chi connectivity index (χ4n) is 1.98. The van der Waals surface area contributed by atoms with E-state index in [2.05, 4.69) is 10.3 Å². The number of hydrogen-bond acceptors (Lipinski definition) is 3. The second-order valence-electron chi connectivity index (χ2n) is 4.06. The maximum atomic E-state index is 11.6. The van der Waals surface area contributed by atoms with Crippen LogP contribution in [0.1, 0.15) is 37.3 Å². The van der Waals surface area contributed by atoms with Gasteiger partial charge in [0.05, 0.1) is 12.7 Å². The molecule has 0 atom stereocenters. The highest BCUT2D eigenvalue weighted by atomic mass is 16.4. The highest BCUT2D eigenvalue weighted by Crippen LogP contribution is 2.24. The fraction of sp³-hybridized carbons (Fsp3) is 0.636. The topological polar surface area (TPSA) is 55.1 Å². The van der Waals surface area contributed by atoms with Crippen LogP contribution < -0.4 is 5.32 Å². The van der Waals surface area contributed by atoms with E-state index >= 15 is 0 Å². The van der Waals surface area contributed by atoms with E-state index in [1.807, 2.05) is 6.92 Å². The zero-order chi connectivity index (χ0) is 10.7. The van der Waals surface area contributed by atoms with Crippen LogP contribution in [-0.2, 0) is 11.3 Å². The quantitative estimate of drug-likeness (QED) is 0.823. The molecule has 0 aromatic carbocycles. The maximum Gasteiger partial charge on any atom is 0.223 e. The number of amides is 1. The minimum Gasteiger partial charge on any atom is -0.444 e. The number of carbonyl (C=O) groups excluding carboxylic acids is 1. The third-order valence-electron chi connectivity index (χ3n) is 2.81. The molecule has 2 rings (SSSR count). The number of hydrogen-bond donors (Lipinski definition) is 1. The standard InChI is InChI=1S/C11H16N2O2/c1-8-6-12-10(15-8)7-13-11(14)9-4-2-3-5-9/h6,9H,2-5,7H2,1H3,(H,13,14). The summed E-state index contributed by atoms with van der Waals surface area (Å²) in [7, 11) is 0. The Morgan fingerprint density at radius 1 is 1.60 bits per heavy atom. The summed E-state index contributed by atoms with van der Waals surface area (Å²) in [6.07, 6.45) is 6.07. The van der Waals surface area contributed by atoms with Crippen LogP contribution in [0, 0.1) is 12.8 Å². The summed E-state index contributed by atoms with van der Waals surface area (Å²) >= 11 is 0. The molecular weight excluding hydrogens is 192 g/mol. The Balaban J connectivity index is 1.80. The Morgan fingerprint density at radius 3 is 2.93 bits per heavy atom. The molecule has 4 nitrogen and oxygen atoms in total. The van der Waals surface area contributed by atoms with Crippen molar-refractivity contribution in [1.82, 2.24) is 10.3 Å². The monoisotopic (exact) mass is 208 g/mol. The van der Waals surface area contributed by atoms with Crippen LogP contribution in [0.4, 0.5) is 0 Å². The van der Waals surface area contributed by atoms with Crippen molar-refractivity contribution in [3.63, 3.8) is 0 Å². The van der Waals surface area contributed by atoms with Gasteiger partial charge in [0.1, 0.15) is 5.76 Å². The molecule has 1 heterocycles. The van der Waals surface area contributed by atoms with Crippen molar-refractivity contribution in [3.05, 3.63) is 17.8 Å². The average Bonchev–Trinajstić information content (AvgIpc) is 2.84. The summed E-state index contributed by atoms with van der Waals surface area (Å²) in [5.74, 6) is 1.71. The first-order valence-corrected chi connectivity index (χ1v) is 5.45. The number of nitrogens with one attached hydrogen (secondary N) is 1. The van der Waals surface area contributed by atoms with Crippen LogP contribution in [-0.4, -0.2) is 10.9 Å². The summed E-state index contributed by atoms with van der Waals surface area (Å²) in [4.78, 5) is 15.7. The van der Waals surface area contributed by atoms with Crippen molar-refractivity contribution < 1.29 is 9.21 Å². The van der Waals surface area contributed by atoms with Crippen molar-refractivity contribution in [2.45, 2.75) is 39.2 Å². The summed E-state index contributed by atoms with van der Waals surface area (Å²) in [6, 6.07) is 0. The van der Waals surface area contributed by atoms with Crippen LogP contribution >= 0.6 is 0 Å². The van der Waals surface area contributed by atoms with Gasteiger partial charge in [0.25, 0.3) is 0 Å². The van der Waals surface area contributed by atoms with E-state index < -0.39 is 0 Å². The molecular formula is C11H16N2O2. The molecule has 15 heavy (non-hydrogen) atoms. The molecule has 1 aliphatic carbocycles. The van der Waals surface area contributed by atoms with Gasteiger partial charge >= 0.3 is 0 Å². The zero-order valence-corrected chi connectivity index (χ0v) is 8.95. The first-order chi connectivity index (χ1) is 7.25. The van der Waals surface area contributed by atoms with Gasteiger partial charge in [0.15, 0.2) is 0 Å². The smallest absolute Gasteiger partial charge is 0.223 e. The predicted octanol–water partition coefficient (Wildman–Crippen LogP) is 1.79. The SMILES string of the molecule is Cc1cnc(CNC(=O)C2CCCC2)o1. The third-order valence-corrected chi connectivity index (χ3v) is 2.81. The molecule has 0 unspecified atom stereocenters. The fourth-order valence-corrected chi connectivity index (χ4v) is 1.98. The van der Waals surface area contributed by atoms with Gasteiger partial charge < -0.3 is 9.73 Å². The van der Waals surface area contributed by atoms with Crippen molar-refractivity contribution in [2.24, 2.45) is 5.92 Å². The molecule has 1 aromatic rings. The minimum absolute atomic E-state index is 0.142. The Bertz CT molecular complexity index is 340. The Labute approximate surface area is 89.1 Å². The molecule has 1 amide bonds. The lowest BCUT2D eigenvalue weighted by Crippen LogP contribution is -2.28. The van der Waals surface area contributed by atoms with Crippen LogP contribution in [0.2, 0.25) is 0 Å². The molecule has 4 heteroatoms. The van der Waals surface area contributed by atoms with Crippen LogP contribution in [0.25, 0.3) is 0 Å². The van der Waals surface area contributed by atoms with Crippen molar-refractivity contribution in [3.8, 4) is 0 Å². The molecule has 1 saturated carbocycles. The van der Waals surface area contributed by atoms with Gasteiger partial charge in [-0.1, -0.05) is 12.8 Å². The van der Waals surface area contributed by atoms with Crippen molar-refractivity contribution in [1.29, 1.82) is 0 Å². The van der Waals surface area contributed by atoms with E-state index in [-0.39, 0.29) is 11.8 Å². The molecule has 1 N–H and O–H groups in total. The molecule has 0 radical (unpaired) electrons. The lowest BCUT2D eigenvalue weighted by atomic mass is 10.1. The Morgan fingerprint density at radius 2 is 2.33 bits per heavy atom. The van der Waals surface area contributed by atoms with E-state index in [4.69, 9.17) is 4.42 Å². The van der Waals surface area contributed by atoms with Crippen molar-refractivity contribution in [2.75, 3.05) is 0 Å². The van der Waals surface area contributed by atoms with Gasteiger partial charge in [-0.25, -0.2) is 4.98 Å². The van der Waals surface area contributed by atoms with Gasteiger partial charge in [-0.3, -0.25) is 4.79 Å². The van der Waals surface area contributed by atoms with Gasteiger partial charge in [0, 0.05) is 5.92 Å². The van der Waals surface area contributed by atoms with Crippen molar-refractivity contribution >= 4 is 5.91 Å². The van der Waals surface area contributed by atoms with Crippen LogP contribution in [0.15, 0.2) is 10.6 Å². The van der Waals surface area contributed by atoms with E-state index in [9.17, 15) is 4.79 Å². The normalized spacial score (nSPS) is 16.9. The third kappa shape index (κ3) is 2.58. The van der Waals surface area contributed by atoms with Gasteiger partial charge in [-0.05, 0) is 19.8 Å². The average molecular weight is 208 g/mol. The second-order valence-corrected chi connectivity index (χ2v) is 4.06. The van der Waals surface area contributed by atoms with E-state index in [0.717, 1.165) is 18.6 Å². The summed E-state index contributed by atoms with van der Waals surface area (Å²) in [6.45, 7) is 2.25. The molecule has 1 fully saturated rings. The molecule has 0 aliphatic heterocycles. The molecule has 0 saturated heterocycles. The zero-order valence-electron chi connectivity index (χ0n) is 8.95. The number of nitrogens with zero attached hydrogens (tertiary/aromatic N) is 1. The van der Waals surface area contributed by atoms with E-state index in [1.165, 1.54) is 12.8 Å². The number of aromatic nitrogens is 1. The van der Waals surface area contributed by atoms with E-state index in [1.54, 1.807) is 6.20 Å². The number of oxazole rings is 1. The minimum atomic E-state index is 0.142. The lowest BCUT2D eigenvalue weighted by molar-refractivity contribution is -0.125. The highest BCUT2D eigenvalue weighted by molar-refractivity contribution is 5.78. The lowest BCUT2D eigenvalue weighted by Gasteiger charge is -2.08. The first-order valence-electron chi connectivity index (χ1n) is 5.45. The molecule has 82 valence electrons. The number of aryl methyl sites for hydroxylation is 1. The molecule has 1 aromatic heterocycles. The summed E-state index contributed by atoms with van der Waals surface area (Å²) in [5, 5.41) is 2.86. The number of carbonyl (C=O) groups is 1. The molecule has 1 aliphatic rings. The van der Waals surface area contributed by atoms with Crippen LogP contribution in [0.5, 0.6) is 0 Å². The summed E-state index contributed by atoms with van der Waals surface area (Å²) < 4.78 is 5.27. The highest BCUT2D eigenvalue weighted by Gasteiger charge is 2.22. The predicted molar refractivity (Wildman–Crippen MR) is 55.0 cm³/mol. The van der Waals surface area contributed by atoms with Crippen LogP contribution in [0.3, 0.4) is 0 Å². The maximum absolute atomic E-state index is 11.6. The van der Waals surface area contributed by atoms with Gasteiger partial charge in [-0.2, -0.15) is 0 Å². The Kier molecular flexibility index (Phi) is 3.04. The molecule has 0 spiro atoms. The largest absolute Gasteiger partial charge is 0.444 e. The second kappa shape index (κ2) is 4.47. The van der Waals surface area contributed by atoms with Gasteiger partial charge in [0.2, 0.25) is 11.8 Å². The number of rotatable bonds is 3. The summed E-state index contributed by atoms with van der Waals surface area (Å²) in [5.41, 5.74) is 0. The first kappa shape index (κ1) is 10.2. The van der Waals surface area contributed by atoms with E-state index in [0.29, 0.717) is 12.4 Å². The molecule has 0 bridgehead atoms.